The Morgan fingerprint density at radius 1 is 0.897 bits per heavy atom. The molecule has 0 aliphatic carbocycles. The fraction of sp³-hybridized carbons (Fsp3) is 0.727. The third-order valence-electron chi connectivity index (χ3n) is 5.79. The molecule has 0 saturated carbocycles. The van der Waals surface area contributed by atoms with Crippen LogP contribution >= 0.6 is 0 Å². The molecule has 0 aromatic rings. The molecular weight excluding hydrogens is 405 g/mol. The van der Waals surface area contributed by atoms with Crippen molar-refractivity contribution in [2.24, 2.45) is 0 Å². The van der Waals surface area contributed by atoms with Crippen molar-refractivity contribution in [1.82, 2.24) is 19.1 Å². The predicted molar refractivity (Wildman–Crippen MR) is 142 cm³/mol. The third-order valence-corrected chi connectivity index (χ3v) is 21.1. The highest BCUT2D eigenvalue weighted by Crippen LogP contribution is 2.23. The van der Waals surface area contributed by atoms with Gasteiger partial charge < -0.3 is 19.1 Å². The number of nitrogens with one attached hydrogen (secondary N) is 2. The zero-order chi connectivity index (χ0) is 22.1. The molecule has 170 valence electrons. The molecule has 2 unspecified atom stereocenters. The van der Waals surface area contributed by atoms with Crippen LogP contribution in [0.1, 0.15) is 47.0 Å². The van der Waals surface area contributed by atoms with E-state index in [-0.39, 0.29) is 0 Å². The van der Waals surface area contributed by atoms with Crippen molar-refractivity contribution in [3.8, 4) is 0 Å². The van der Waals surface area contributed by atoms with Gasteiger partial charge in [0.05, 0.1) is 0 Å². The molecule has 0 aliphatic rings. The second kappa shape index (κ2) is 17.4. The Bertz CT molecular complexity index is 453. The molecule has 0 radical (unpaired) electrons. The van der Waals surface area contributed by atoms with E-state index in [2.05, 4.69) is 96.2 Å². The fourth-order valence-electron chi connectivity index (χ4n) is 4.19. The van der Waals surface area contributed by atoms with Crippen molar-refractivity contribution in [2.45, 2.75) is 66.1 Å². The maximum Gasteiger partial charge on any atom is 0.187 e. The summed E-state index contributed by atoms with van der Waals surface area (Å²) in [6.45, 7) is 29.3. The summed E-state index contributed by atoms with van der Waals surface area (Å²) in [4.78, 5) is 0. The predicted octanol–water partition coefficient (Wildman–Crippen LogP) is 3.71. The Morgan fingerprint density at radius 2 is 1.52 bits per heavy atom. The highest BCUT2D eigenvalue weighted by molar-refractivity contribution is 6.97. The quantitative estimate of drug-likeness (QED) is 0.230. The van der Waals surface area contributed by atoms with Crippen molar-refractivity contribution in [3.05, 3.63) is 36.3 Å². The van der Waals surface area contributed by atoms with Crippen LogP contribution in [0.3, 0.4) is 0 Å². The number of rotatable bonds is 19. The van der Waals surface area contributed by atoms with E-state index in [1.807, 2.05) is 0 Å². The molecule has 0 fully saturated rings. The van der Waals surface area contributed by atoms with E-state index < -0.39 is 26.3 Å². The lowest BCUT2D eigenvalue weighted by atomic mass is 10.3. The molecule has 2 atom stereocenters. The van der Waals surface area contributed by atoms with Gasteiger partial charge in [-0.15, -0.1) is 13.2 Å². The first-order valence-electron chi connectivity index (χ1n) is 11.8. The molecule has 29 heavy (non-hydrogen) atoms. The maximum absolute atomic E-state index is 4.32. The van der Waals surface area contributed by atoms with E-state index in [4.69, 9.17) is 0 Å². The molecule has 0 saturated heterocycles. The normalized spacial score (nSPS) is 14.6. The Hall–Kier alpha value is -0.289. The highest BCUT2D eigenvalue weighted by atomic mass is 28.4. The molecule has 7 heteroatoms. The highest BCUT2D eigenvalue weighted by Gasteiger charge is 2.41. The molecule has 0 aliphatic heterocycles. The largest absolute Gasteiger partial charge is 0.351 e. The van der Waals surface area contributed by atoms with E-state index in [1.54, 1.807) is 0 Å². The van der Waals surface area contributed by atoms with Gasteiger partial charge >= 0.3 is 0 Å². The third kappa shape index (κ3) is 10.5. The zero-order valence-electron chi connectivity index (χ0n) is 20.3. The van der Waals surface area contributed by atoms with Crippen LogP contribution in [0.5, 0.6) is 0 Å². The second-order valence-electron chi connectivity index (χ2n) is 8.02. The summed E-state index contributed by atoms with van der Waals surface area (Å²) < 4.78 is 5.77. The van der Waals surface area contributed by atoms with Gasteiger partial charge in [0.15, 0.2) is 8.40 Å². The molecule has 0 amide bonds. The van der Waals surface area contributed by atoms with E-state index >= 15 is 0 Å². The smallest absolute Gasteiger partial charge is 0.187 e. The van der Waals surface area contributed by atoms with Crippen LogP contribution in [-0.4, -0.2) is 74.0 Å². The first-order valence-corrected chi connectivity index (χ1v) is 18.5. The van der Waals surface area contributed by atoms with Gasteiger partial charge in [0.2, 0.25) is 0 Å². The Balaban J connectivity index is 5.53. The summed E-state index contributed by atoms with van der Waals surface area (Å²) >= 11 is 0. The van der Waals surface area contributed by atoms with Crippen LogP contribution in [0.2, 0.25) is 19.1 Å². The van der Waals surface area contributed by atoms with Crippen LogP contribution in [0.15, 0.2) is 36.3 Å². The monoisotopic (exact) mass is 454 g/mol. The van der Waals surface area contributed by atoms with Gasteiger partial charge in [0, 0.05) is 0 Å². The number of nitrogens with zero attached hydrogens (tertiary/aromatic N) is 2. The summed E-state index contributed by atoms with van der Waals surface area (Å²) in [5.74, 6) is 0. The van der Waals surface area contributed by atoms with Gasteiger partial charge in [-0.05, 0) is 71.2 Å². The van der Waals surface area contributed by atoms with Crippen LogP contribution in [0.25, 0.3) is 0 Å². The average Bonchev–Trinajstić information content (AvgIpc) is 2.71. The number of unbranched alkanes of at least 4 members (excludes halogenated alkanes) is 1. The minimum atomic E-state index is -1.72. The fourth-order valence-corrected chi connectivity index (χ4v) is 20.2. The maximum atomic E-state index is 4.32. The van der Waals surface area contributed by atoms with Gasteiger partial charge in [-0.3, -0.25) is 0 Å². The van der Waals surface area contributed by atoms with E-state index in [9.17, 15) is 0 Å². The molecule has 0 aromatic carbocycles. The minimum absolute atomic E-state index is 1.04. The minimum Gasteiger partial charge on any atom is -0.351 e. The Labute approximate surface area is 187 Å². The van der Waals surface area contributed by atoms with Crippen molar-refractivity contribution in [2.75, 3.05) is 39.3 Å². The summed E-state index contributed by atoms with van der Waals surface area (Å²) in [6, 6.07) is 1.33. The van der Waals surface area contributed by atoms with E-state index in [0.29, 0.717) is 0 Å². The van der Waals surface area contributed by atoms with E-state index in [0.717, 1.165) is 45.7 Å². The van der Waals surface area contributed by atoms with Crippen molar-refractivity contribution < 1.29 is 0 Å². The van der Waals surface area contributed by atoms with Gasteiger partial charge in [-0.1, -0.05) is 57.3 Å². The summed E-state index contributed by atoms with van der Waals surface area (Å²) in [5.41, 5.74) is 7.18. The number of hydrogen-bond donors (Lipinski definition) is 2. The first kappa shape index (κ1) is 28.7. The summed E-state index contributed by atoms with van der Waals surface area (Å²) in [5, 5.41) is 6.89. The lowest BCUT2D eigenvalue weighted by Crippen LogP contribution is -2.69. The van der Waals surface area contributed by atoms with Crippen LogP contribution in [0.4, 0.5) is 0 Å². The van der Waals surface area contributed by atoms with Gasteiger partial charge in [0.1, 0.15) is 17.9 Å². The van der Waals surface area contributed by atoms with Crippen LogP contribution < -0.4 is 10.6 Å². The van der Waals surface area contributed by atoms with Crippen LogP contribution in [-0.2, 0) is 0 Å². The standard InChI is InChI=1S/C22H50N4Si3/c1-9-23-19-15-17-21-27(13-5)26(29(7,8)25(11-3)12-4)28(14-6)22-18-16-20-24-10-2/h13-14,17,21,23-24,27-28H,5-6,9-12,15-16,18-20,22H2,1-4,7-8H3. The van der Waals surface area contributed by atoms with E-state index in [1.165, 1.54) is 18.9 Å². The zero-order valence-corrected chi connectivity index (χ0v) is 23.7. The lowest BCUT2D eigenvalue weighted by Gasteiger charge is -2.49. The molecule has 0 aromatic heterocycles. The Morgan fingerprint density at radius 3 is 2.03 bits per heavy atom. The molecule has 0 rings (SSSR count). The molecule has 0 spiro atoms. The number of hydrogen-bond acceptors (Lipinski definition) is 4. The molecule has 0 bridgehead atoms. The van der Waals surface area contributed by atoms with Crippen molar-refractivity contribution in [3.63, 3.8) is 0 Å². The average molecular weight is 455 g/mol. The van der Waals surface area contributed by atoms with Crippen molar-refractivity contribution in [1.29, 1.82) is 0 Å². The van der Waals surface area contributed by atoms with Crippen LogP contribution in [0, 0.1) is 0 Å². The topological polar surface area (TPSA) is 30.5 Å². The van der Waals surface area contributed by atoms with Gasteiger partial charge in [0.25, 0.3) is 0 Å². The molecule has 4 nitrogen and oxygen atoms in total. The SMILES string of the molecule is C=C[SiH](C=CCCNCC)N([SiH](C=C)CCCCNCC)[Si](C)(C)N(CC)CC. The lowest BCUT2D eigenvalue weighted by molar-refractivity contribution is 0.446. The summed E-state index contributed by atoms with van der Waals surface area (Å²) in [6.07, 6.45) is 6.08. The molecule has 2 N–H and O–H groups in total. The van der Waals surface area contributed by atoms with Gasteiger partial charge in [-0.2, -0.15) is 0 Å². The summed E-state index contributed by atoms with van der Waals surface area (Å²) in [7, 11) is -4.28. The Kier molecular flexibility index (Phi) is 17.2. The molecular formula is C22H50N4Si3. The van der Waals surface area contributed by atoms with Gasteiger partial charge in [-0.25, -0.2) is 0 Å². The second-order valence-corrected chi connectivity index (χ2v) is 18.9. The van der Waals surface area contributed by atoms with Crippen molar-refractivity contribution >= 4 is 26.3 Å². The first-order chi connectivity index (χ1) is 13.9. The molecule has 0 heterocycles.